The van der Waals surface area contributed by atoms with Crippen LogP contribution in [0.1, 0.15) is 0 Å². The lowest BCUT2D eigenvalue weighted by Crippen LogP contribution is -2.42. The highest BCUT2D eigenvalue weighted by Crippen LogP contribution is 2.11. The fourth-order valence-corrected chi connectivity index (χ4v) is 0.423. The number of carbonyl (C=O) groups is 1. The third kappa shape index (κ3) is 0.812. The van der Waals surface area contributed by atoms with E-state index in [1.54, 1.807) is 0 Å². The van der Waals surface area contributed by atoms with Gasteiger partial charge in [0.2, 0.25) is 5.66 Å². The van der Waals surface area contributed by atoms with Crippen LogP contribution in [0.25, 0.3) is 0 Å². The van der Waals surface area contributed by atoms with E-state index in [1.807, 2.05) is 0 Å². The zero-order valence-electron chi connectivity index (χ0n) is 4.48. The second-order valence-corrected chi connectivity index (χ2v) is 1.66. The monoisotopic (exact) mass is 127 g/mol. The SMILES string of the molecule is NC1(C(=O)O)C=CN=N1. The summed E-state index contributed by atoms with van der Waals surface area (Å²) in [5, 5.41) is 14.9. The van der Waals surface area contributed by atoms with Gasteiger partial charge in [-0.15, -0.1) is 5.11 Å². The molecule has 0 aromatic rings. The predicted octanol–water partition coefficient (Wildman–Crippen LogP) is -0.295. The summed E-state index contributed by atoms with van der Waals surface area (Å²) >= 11 is 0. The molecule has 1 unspecified atom stereocenters. The van der Waals surface area contributed by atoms with Gasteiger partial charge in [0.25, 0.3) is 0 Å². The van der Waals surface area contributed by atoms with Crippen molar-refractivity contribution in [2.24, 2.45) is 16.0 Å². The molecule has 0 amide bonds. The molecule has 0 spiro atoms. The average Bonchev–Trinajstić information content (AvgIpc) is 2.16. The zero-order valence-corrected chi connectivity index (χ0v) is 4.48. The Balaban J connectivity index is 2.88. The number of rotatable bonds is 1. The van der Waals surface area contributed by atoms with E-state index in [0.717, 1.165) is 0 Å². The van der Waals surface area contributed by atoms with Crippen LogP contribution in [0.4, 0.5) is 0 Å². The molecule has 1 aliphatic rings. The van der Waals surface area contributed by atoms with Crippen molar-refractivity contribution in [1.82, 2.24) is 0 Å². The molecule has 0 fully saturated rings. The molecule has 9 heavy (non-hydrogen) atoms. The smallest absolute Gasteiger partial charge is 0.352 e. The number of azo groups is 1. The van der Waals surface area contributed by atoms with Crippen LogP contribution in [0.5, 0.6) is 0 Å². The van der Waals surface area contributed by atoms with E-state index in [0.29, 0.717) is 0 Å². The van der Waals surface area contributed by atoms with Crippen molar-refractivity contribution in [2.45, 2.75) is 5.66 Å². The molecular formula is C4H5N3O2. The summed E-state index contributed by atoms with van der Waals surface area (Å²) < 4.78 is 0. The minimum Gasteiger partial charge on any atom is -0.478 e. The van der Waals surface area contributed by atoms with E-state index in [-0.39, 0.29) is 0 Å². The first-order valence-corrected chi connectivity index (χ1v) is 2.27. The molecule has 5 heteroatoms. The Morgan fingerprint density at radius 2 is 2.44 bits per heavy atom. The fourth-order valence-electron chi connectivity index (χ4n) is 0.423. The molecule has 1 rings (SSSR count). The summed E-state index contributed by atoms with van der Waals surface area (Å²) in [6.45, 7) is 0. The number of nitrogens with zero attached hydrogens (tertiary/aromatic N) is 2. The molecule has 0 aromatic carbocycles. The quantitative estimate of drug-likeness (QED) is 0.507. The molecule has 0 saturated carbocycles. The molecule has 5 nitrogen and oxygen atoms in total. The molecular weight excluding hydrogens is 122 g/mol. The van der Waals surface area contributed by atoms with E-state index in [4.69, 9.17) is 10.8 Å². The van der Waals surface area contributed by atoms with E-state index in [9.17, 15) is 4.79 Å². The third-order valence-electron chi connectivity index (χ3n) is 0.961. The number of nitrogens with two attached hydrogens (primary N) is 1. The standard InChI is InChI=1S/C4H5N3O2/c5-4(3(8)9)1-2-6-7-4/h1-2H,5H2,(H,8,9). The summed E-state index contributed by atoms with van der Waals surface area (Å²) in [5.41, 5.74) is 3.54. The first kappa shape index (κ1) is 5.90. The molecule has 0 aliphatic carbocycles. The number of hydrogen-bond acceptors (Lipinski definition) is 4. The van der Waals surface area contributed by atoms with Crippen LogP contribution in [0.2, 0.25) is 0 Å². The van der Waals surface area contributed by atoms with Crippen molar-refractivity contribution in [2.75, 3.05) is 0 Å². The van der Waals surface area contributed by atoms with Gasteiger partial charge >= 0.3 is 5.97 Å². The minimum atomic E-state index is -1.61. The maximum absolute atomic E-state index is 10.2. The largest absolute Gasteiger partial charge is 0.478 e. The van der Waals surface area contributed by atoms with Gasteiger partial charge in [-0.2, -0.15) is 5.11 Å². The highest BCUT2D eigenvalue weighted by Gasteiger charge is 2.32. The Hall–Kier alpha value is -1.23. The van der Waals surface area contributed by atoms with Crippen LogP contribution in [-0.4, -0.2) is 16.7 Å². The Morgan fingerprint density at radius 3 is 2.67 bits per heavy atom. The highest BCUT2D eigenvalue weighted by molar-refractivity contribution is 5.81. The van der Waals surface area contributed by atoms with E-state index < -0.39 is 11.6 Å². The van der Waals surface area contributed by atoms with Gasteiger partial charge in [0.1, 0.15) is 0 Å². The Morgan fingerprint density at radius 1 is 1.78 bits per heavy atom. The fraction of sp³-hybridized carbons (Fsp3) is 0.250. The molecule has 1 aliphatic heterocycles. The normalized spacial score (nSPS) is 31.2. The molecule has 1 atom stereocenters. The van der Waals surface area contributed by atoms with E-state index in [2.05, 4.69) is 10.2 Å². The topological polar surface area (TPSA) is 88.0 Å². The van der Waals surface area contributed by atoms with Crippen LogP contribution < -0.4 is 5.73 Å². The lowest BCUT2D eigenvalue weighted by atomic mass is 10.2. The van der Waals surface area contributed by atoms with Crippen LogP contribution in [-0.2, 0) is 4.79 Å². The number of aliphatic carboxylic acids is 1. The van der Waals surface area contributed by atoms with Crippen LogP contribution in [0.3, 0.4) is 0 Å². The van der Waals surface area contributed by atoms with Crippen LogP contribution >= 0.6 is 0 Å². The second kappa shape index (κ2) is 1.63. The van der Waals surface area contributed by atoms with Gasteiger partial charge in [0.15, 0.2) is 0 Å². The molecule has 3 N–H and O–H groups in total. The first-order valence-electron chi connectivity index (χ1n) is 2.27. The predicted molar refractivity (Wildman–Crippen MR) is 28.6 cm³/mol. The van der Waals surface area contributed by atoms with Gasteiger partial charge in [-0.1, -0.05) is 0 Å². The van der Waals surface area contributed by atoms with Gasteiger partial charge < -0.3 is 5.11 Å². The number of hydrogen-bond donors (Lipinski definition) is 2. The number of carboxylic acids is 1. The zero-order chi connectivity index (χ0) is 6.91. The van der Waals surface area contributed by atoms with Gasteiger partial charge in [-0.05, 0) is 6.08 Å². The lowest BCUT2D eigenvalue weighted by Gasteiger charge is -2.07. The average molecular weight is 127 g/mol. The van der Waals surface area contributed by atoms with Crippen LogP contribution in [0.15, 0.2) is 22.5 Å². The first-order chi connectivity index (χ1) is 4.15. The van der Waals surface area contributed by atoms with Crippen molar-refractivity contribution in [3.05, 3.63) is 12.3 Å². The summed E-state index contributed by atoms with van der Waals surface area (Å²) in [4.78, 5) is 10.2. The molecule has 0 bridgehead atoms. The summed E-state index contributed by atoms with van der Waals surface area (Å²) in [7, 11) is 0. The van der Waals surface area contributed by atoms with E-state index in [1.165, 1.54) is 12.3 Å². The molecule has 0 aromatic heterocycles. The Bertz CT molecular complexity index is 184. The highest BCUT2D eigenvalue weighted by atomic mass is 16.4. The summed E-state index contributed by atoms with van der Waals surface area (Å²) in [5.74, 6) is -1.19. The lowest BCUT2D eigenvalue weighted by molar-refractivity contribution is -0.141. The molecule has 1 heterocycles. The second-order valence-electron chi connectivity index (χ2n) is 1.66. The summed E-state index contributed by atoms with van der Waals surface area (Å²) in [6.07, 6.45) is 2.48. The van der Waals surface area contributed by atoms with Crippen molar-refractivity contribution in [3.8, 4) is 0 Å². The number of carboxylic acid groups (broad SMARTS) is 1. The maximum Gasteiger partial charge on any atom is 0.352 e. The third-order valence-corrected chi connectivity index (χ3v) is 0.961. The molecule has 0 saturated heterocycles. The molecule has 48 valence electrons. The van der Waals surface area contributed by atoms with Crippen molar-refractivity contribution >= 4 is 5.97 Å². The Kier molecular flexibility index (Phi) is 1.07. The van der Waals surface area contributed by atoms with Crippen LogP contribution in [0, 0.1) is 0 Å². The van der Waals surface area contributed by atoms with Gasteiger partial charge in [0.05, 0.1) is 0 Å². The van der Waals surface area contributed by atoms with Gasteiger partial charge in [-0.25, -0.2) is 4.79 Å². The molecule has 0 radical (unpaired) electrons. The maximum atomic E-state index is 10.2. The van der Waals surface area contributed by atoms with Gasteiger partial charge in [0, 0.05) is 6.20 Å². The van der Waals surface area contributed by atoms with Crippen molar-refractivity contribution in [1.29, 1.82) is 0 Å². The van der Waals surface area contributed by atoms with E-state index >= 15 is 0 Å². The van der Waals surface area contributed by atoms with Crippen molar-refractivity contribution < 1.29 is 9.90 Å². The van der Waals surface area contributed by atoms with Gasteiger partial charge in [-0.3, -0.25) is 5.73 Å². The summed E-state index contributed by atoms with van der Waals surface area (Å²) in [6, 6.07) is 0. The Labute approximate surface area is 50.9 Å². The van der Waals surface area contributed by atoms with Crippen molar-refractivity contribution in [3.63, 3.8) is 0 Å². The minimum absolute atomic E-state index is 1.19.